The molecule has 1 aromatic carbocycles. The van der Waals surface area contributed by atoms with Gasteiger partial charge in [0.2, 0.25) is 0 Å². The summed E-state index contributed by atoms with van der Waals surface area (Å²) in [6, 6.07) is 10.8. The molecule has 0 unspecified atom stereocenters. The molecule has 2 aromatic rings. The molecule has 1 aliphatic rings. The molecule has 1 aliphatic heterocycles. The molecule has 3 rings (SSSR count). The van der Waals surface area contributed by atoms with Crippen LogP contribution in [0.4, 0.5) is 5.82 Å². The van der Waals surface area contributed by atoms with Crippen LogP contribution in [0.25, 0.3) is 17.2 Å². The Morgan fingerprint density at radius 1 is 1.07 bits per heavy atom. The van der Waals surface area contributed by atoms with E-state index < -0.39 is 0 Å². The zero-order chi connectivity index (χ0) is 19.2. The zero-order valence-electron chi connectivity index (χ0n) is 16.6. The molecule has 1 saturated heterocycles. The van der Waals surface area contributed by atoms with Gasteiger partial charge < -0.3 is 10.6 Å². The van der Waals surface area contributed by atoms with Gasteiger partial charge in [0.15, 0.2) is 0 Å². The van der Waals surface area contributed by atoms with Crippen molar-refractivity contribution in [1.82, 2.24) is 19.7 Å². The minimum absolute atomic E-state index is 0.527. The first kappa shape index (κ1) is 19.5. The summed E-state index contributed by atoms with van der Waals surface area (Å²) >= 11 is 0. The van der Waals surface area contributed by atoms with E-state index in [1.165, 1.54) is 5.56 Å². The number of nitrogens with two attached hydrogens (primary N) is 1. The molecule has 0 amide bonds. The highest BCUT2D eigenvalue weighted by molar-refractivity contribution is 5.79. The highest BCUT2D eigenvalue weighted by Gasteiger charge is 2.17. The average molecular weight is 366 g/mol. The Kier molecular flexibility index (Phi) is 6.61. The molecule has 0 bridgehead atoms. The van der Waals surface area contributed by atoms with Crippen molar-refractivity contribution < 1.29 is 0 Å². The third kappa shape index (κ3) is 5.16. The SMILES string of the molecule is C=Cc1c(-c2ccc(CN3CCN(CCN(C)C)CC3)cc2)ccnc1N. The van der Waals surface area contributed by atoms with Gasteiger partial charge in [-0.1, -0.05) is 36.9 Å². The minimum atomic E-state index is 0.527. The van der Waals surface area contributed by atoms with Crippen molar-refractivity contribution >= 4 is 11.9 Å². The van der Waals surface area contributed by atoms with E-state index in [0.717, 1.165) is 62.5 Å². The molecule has 2 heterocycles. The van der Waals surface area contributed by atoms with Crippen LogP contribution in [0.1, 0.15) is 11.1 Å². The quantitative estimate of drug-likeness (QED) is 0.817. The van der Waals surface area contributed by atoms with E-state index in [-0.39, 0.29) is 0 Å². The van der Waals surface area contributed by atoms with Crippen LogP contribution in [-0.2, 0) is 6.54 Å². The summed E-state index contributed by atoms with van der Waals surface area (Å²) in [6.07, 6.45) is 3.53. The number of benzene rings is 1. The Bertz CT molecular complexity index is 746. The van der Waals surface area contributed by atoms with Gasteiger partial charge in [-0.2, -0.15) is 0 Å². The maximum absolute atomic E-state index is 5.98. The fraction of sp³-hybridized carbons (Fsp3) is 0.409. The summed E-state index contributed by atoms with van der Waals surface area (Å²) in [5, 5.41) is 0. The largest absolute Gasteiger partial charge is 0.383 e. The predicted octanol–water partition coefficient (Wildman–Crippen LogP) is 2.65. The highest BCUT2D eigenvalue weighted by atomic mass is 15.3. The van der Waals surface area contributed by atoms with Gasteiger partial charge in [0, 0.05) is 57.6 Å². The first-order valence-corrected chi connectivity index (χ1v) is 9.62. The zero-order valence-corrected chi connectivity index (χ0v) is 16.6. The van der Waals surface area contributed by atoms with E-state index in [1.54, 1.807) is 12.3 Å². The molecular weight excluding hydrogens is 334 g/mol. The maximum Gasteiger partial charge on any atom is 0.131 e. The summed E-state index contributed by atoms with van der Waals surface area (Å²) in [5.74, 6) is 0.527. The number of aromatic nitrogens is 1. The summed E-state index contributed by atoms with van der Waals surface area (Å²) < 4.78 is 0. The van der Waals surface area contributed by atoms with Gasteiger partial charge in [-0.05, 0) is 36.9 Å². The lowest BCUT2D eigenvalue weighted by molar-refractivity contribution is 0.120. The van der Waals surface area contributed by atoms with Crippen LogP contribution in [0.5, 0.6) is 0 Å². The monoisotopic (exact) mass is 365 g/mol. The molecule has 0 saturated carbocycles. The maximum atomic E-state index is 5.98. The number of piperazine rings is 1. The smallest absolute Gasteiger partial charge is 0.131 e. The minimum Gasteiger partial charge on any atom is -0.383 e. The van der Waals surface area contributed by atoms with Crippen molar-refractivity contribution in [2.75, 3.05) is 59.1 Å². The molecule has 5 nitrogen and oxygen atoms in total. The summed E-state index contributed by atoms with van der Waals surface area (Å²) in [6.45, 7) is 11.8. The third-order valence-corrected chi connectivity index (χ3v) is 5.22. The molecule has 27 heavy (non-hydrogen) atoms. The van der Waals surface area contributed by atoms with Crippen molar-refractivity contribution in [1.29, 1.82) is 0 Å². The van der Waals surface area contributed by atoms with Gasteiger partial charge in [0.1, 0.15) is 5.82 Å². The molecule has 0 spiro atoms. The molecule has 5 heteroatoms. The molecule has 0 atom stereocenters. The number of rotatable bonds is 7. The second-order valence-electron chi connectivity index (χ2n) is 7.48. The Hall–Kier alpha value is -2.21. The van der Waals surface area contributed by atoms with E-state index in [2.05, 4.69) is 64.6 Å². The highest BCUT2D eigenvalue weighted by Crippen LogP contribution is 2.27. The lowest BCUT2D eigenvalue weighted by Gasteiger charge is -2.35. The average Bonchev–Trinajstić information content (AvgIpc) is 2.68. The van der Waals surface area contributed by atoms with E-state index >= 15 is 0 Å². The van der Waals surface area contributed by atoms with Crippen LogP contribution in [-0.4, -0.2) is 73.0 Å². The number of likely N-dealkylation sites (N-methyl/N-ethyl adjacent to an activating group) is 1. The number of pyridine rings is 1. The van der Waals surface area contributed by atoms with Gasteiger partial charge >= 0.3 is 0 Å². The molecule has 0 radical (unpaired) electrons. The number of hydrogen-bond acceptors (Lipinski definition) is 5. The van der Waals surface area contributed by atoms with Crippen LogP contribution in [0.15, 0.2) is 43.1 Å². The van der Waals surface area contributed by atoms with Crippen molar-refractivity contribution in [3.8, 4) is 11.1 Å². The molecule has 2 N–H and O–H groups in total. The number of hydrogen-bond donors (Lipinski definition) is 1. The summed E-state index contributed by atoms with van der Waals surface area (Å²) in [7, 11) is 4.27. The number of anilines is 1. The normalized spacial score (nSPS) is 16.0. The first-order chi connectivity index (χ1) is 13.1. The number of nitrogen functional groups attached to an aromatic ring is 1. The van der Waals surface area contributed by atoms with E-state index in [0.29, 0.717) is 5.82 Å². The standard InChI is InChI=1S/C22H31N5/c1-4-20-21(9-10-24-22(20)23)19-7-5-18(6-8-19)17-27-15-13-26(14-16-27)12-11-25(2)3/h4-10H,1,11-17H2,2-3H3,(H2,23,24). The van der Waals surface area contributed by atoms with Crippen LogP contribution >= 0.6 is 0 Å². The fourth-order valence-corrected chi connectivity index (χ4v) is 3.52. The van der Waals surface area contributed by atoms with Gasteiger partial charge in [0.05, 0.1) is 0 Å². The van der Waals surface area contributed by atoms with E-state index in [9.17, 15) is 0 Å². The molecular formula is C22H31N5. The van der Waals surface area contributed by atoms with Crippen molar-refractivity contribution in [2.24, 2.45) is 0 Å². The lowest BCUT2D eigenvalue weighted by atomic mass is 9.99. The van der Waals surface area contributed by atoms with Gasteiger partial charge in [-0.15, -0.1) is 0 Å². The summed E-state index contributed by atoms with van der Waals surface area (Å²) in [4.78, 5) is 11.5. The van der Waals surface area contributed by atoms with Crippen molar-refractivity contribution in [2.45, 2.75) is 6.54 Å². The molecule has 1 fully saturated rings. The van der Waals surface area contributed by atoms with Crippen molar-refractivity contribution in [3.05, 3.63) is 54.2 Å². The second-order valence-corrected chi connectivity index (χ2v) is 7.48. The van der Waals surface area contributed by atoms with E-state index in [1.807, 2.05) is 6.07 Å². The Morgan fingerprint density at radius 2 is 1.74 bits per heavy atom. The van der Waals surface area contributed by atoms with Crippen LogP contribution in [0, 0.1) is 0 Å². The van der Waals surface area contributed by atoms with Crippen LogP contribution in [0.2, 0.25) is 0 Å². The van der Waals surface area contributed by atoms with E-state index in [4.69, 9.17) is 5.73 Å². The third-order valence-electron chi connectivity index (χ3n) is 5.22. The molecule has 1 aromatic heterocycles. The van der Waals surface area contributed by atoms with Gasteiger partial charge in [-0.3, -0.25) is 9.80 Å². The fourth-order valence-electron chi connectivity index (χ4n) is 3.52. The lowest BCUT2D eigenvalue weighted by Crippen LogP contribution is -2.47. The van der Waals surface area contributed by atoms with Gasteiger partial charge in [-0.25, -0.2) is 4.98 Å². The second kappa shape index (κ2) is 9.13. The van der Waals surface area contributed by atoms with Crippen LogP contribution < -0.4 is 5.73 Å². The Labute approximate surface area is 163 Å². The molecule has 0 aliphatic carbocycles. The van der Waals surface area contributed by atoms with Gasteiger partial charge in [0.25, 0.3) is 0 Å². The van der Waals surface area contributed by atoms with Crippen LogP contribution in [0.3, 0.4) is 0 Å². The van der Waals surface area contributed by atoms with Crippen molar-refractivity contribution in [3.63, 3.8) is 0 Å². The topological polar surface area (TPSA) is 48.6 Å². The Balaban J connectivity index is 1.58. The Morgan fingerprint density at radius 3 is 2.37 bits per heavy atom. The molecule has 144 valence electrons. The first-order valence-electron chi connectivity index (χ1n) is 9.62. The summed E-state index contributed by atoms with van der Waals surface area (Å²) in [5.41, 5.74) is 10.5. The predicted molar refractivity (Wildman–Crippen MR) is 114 cm³/mol. The number of nitrogens with zero attached hydrogens (tertiary/aromatic N) is 4.